The number of esters is 1. The lowest BCUT2D eigenvalue weighted by Gasteiger charge is -2.20. The molecule has 39 heavy (non-hydrogen) atoms. The second-order valence-electron chi connectivity index (χ2n) is 10.3. The topological polar surface area (TPSA) is 119 Å². The van der Waals surface area contributed by atoms with Crippen molar-refractivity contribution in [2.24, 2.45) is 0 Å². The monoisotopic (exact) mass is 545 g/mol. The number of carbonyl (C=O) groups excluding carboxylic acids is 2. The van der Waals surface area contributed by atoms with Crippen molar-refractivity contribution in [1.82, 2.24) is 14.0 Å². The summed E-state index contributed by atoms with van der Waals surface area (Å²) in [6.45, 7) is 3.90. The Bertz CT molecular complexity index is 1760. The molecule has 0 aromatic carbocycles. The molecule has 2 aliphatic carbocycles. The van der Waals surface area contributed by atoms with Gasteiger partial charge in [0.2, 0.25) is 0 Å². The van der Waals surface area contributed by atoms with E-state index in [2.05, 4.69) is 5.32 Å². The number of fused-ring (bicyclic) bond motifs is 3. The third kappa shape index (κ3) is 4.27. The Labute approximate surface area is 229 Å². The summed E-state index contributed by atoms with van der Waals surface area (Å²) in [4.78, 5) is 46.3. The van der Waals surface area contributed by atoms with Gasteiger partial charge < -0.3 is 14.6 Å². The molecule has 2 N–H and O–H groups in total. The third-order valence-corrected chi connectivity index (χ3v) is 9.10. The van der Waals surface area contributed by atoms with Crippen LogP contribution in [0.2, 0.25) is 0 Å². The molecule has 6 rings (SSSR count). The van der Waals surface area contributed by atoms with Crippen LogP contribution < -0.4 is 16.4 Å². The van der Waals surface area contributed by atoms with E-state index in [0.29, 0.717) is 27.2 Å². The summed E-state index contributed by atoms with van der Waals surface area (Å²) in [5, 5.41) is 12.8. The Hall–Kier alpha value is -3.79. The van der Waals surface area contributed by atoms with Gasteiger partial charge in [-0.2, -0.15) is 0 Å². The number of aromatic nitrogens is 3. The SMILES string of the molecule is CCOC(=O)c1c(NC(=O)c2cc3c(=O)n4cccc(C)c4nc3n(C3CCCC3)c2=N)sc2c1CCCC2. The minimum Gasteiger partial charge on any atom is -0.462 e. The normalized spacial score (nSPS) is 15.5. The summed E-state index contributed by atoms with van der Waals surface area (Å²) in [6.07, 6.45) is 9.08. The predicted molar refractivity (Wildman–Crippen MR) is 150 cm³/mol. The zero-order chi connectivity index (χ0) is 27.3. The smallest absolute Gasteiger partial charge is 0.341 e. The van der Waals surface area contributed by atoms with Crippen molar-refractivity contribution in [2.45, 2.75) is 71.3 Å². The number of rotatable bonds is 5. The van der Waals surface area contributed by atoms with Gasteiger partial charge in [-0.3, -0.25) is 19.4 Å². The summed E-state index contributed by atoms with van der Waals surface area (Å²) >= 11 is 1.41. The van der Waals surface area contributed by atoms with Crippen LogP contribution in [0.1, 0.15) is 88.2 Å². The van der Waals surface area contributed by atoms with Gasteiger partial charge in [0.15, 0.2) is 0 Å². The van der Waals surface area contributed by atoms with Crippen LogP contribution in [0.3, 0.4) is 0 Å². The van der Waals surface area contributed by atoms with Crippen molar-refractivity contribution < 1.29 is 14.3 Å². The van der Waals surface area contributed by atoms with E-state index < -0.39 is 11.9 Å². The highest BCUT2D eigenvalue weighted by Gasteiger charge is 2.29. The van der Waals surface area contributed by atoms with E-state index in [-0.39, 0.29) is 29.3 Å². The number of thiophene rings is 1. The summed E-state index contributed by atoms with van der Waals surface area (Å²) in [7, 11) is 0. The van der Waals surface area contributed by atoms with Gasteiger partial charge >= 0.3 is 5.97 Å². The van der Waals surface area contributed by atoms with Crippen LogP contribution in [0, 0.1) is 12.3 Å². The number of nitrogens with zero attached hydrogens (tertiary/aromatic N) is 3. The van der Waals surface area contributed by atoms with Gasteiger partial charge in [0, 0.05) is 17.1 Å². The summed E-state index contributed by atoms with van der Waals surface area (Å²) in [5.74, 6) is -0.964. The molecule has 10 heteroatoms. The second kappa shape index (κ2) is 10.1. The van der Waals surface area contributed by atoms with Crippen molar-refractivity contribution in [3.05, 3.63) is 67.4 Å². The van der Waals surface area contributed by atoms with E-state index in [1.807, 2.05) is 13.0 Å². The Morgan fingerprint density at radius 3 is 2.72 bits per heavy atom. The van der Waals surface area contributed by atoms with Gasteiger partial charge in [-0.1, -0.05) is 18.9 Å². The highest BCUT2D eigenvalue weighted by atomic mass is 32.1. The van der Waals surface area contributed by atoms with Crippen LogP contribution in [0.4, 0.5) is 5.00 Å². The molecule has 0 saturated heterocycles. The maximum atomic E-state index is 13.8. The Morgan fingerprint density at radius 2 is 1.95 bits per heavy atom. The lowest BCUT2D eigenvalue weighted by Crippen LogP contribution is -2.34. The molecule has 1 fully saturated rings. The molecule has 9 nitrogen and oxygen atoms in total. The Morgan fingerprint density at radius 1 is 1.18 bits per heavy atom. The molecule has 4 heterocycles. The number of aryl methyl sites for hydroxylation is 2. The number of nitrogens with one attached hydrogen (secondary N) is 2. The molecule has 0 aliphatic heterocycles. The number of amides is 1. The van der Waals surface area contributed by atoms with Crippen molar-refractivity contribution in [2.75, 3.05) is 11.9 Å². The first-order chi connectivity index (χ1) is 18.9. The van der Waals surface area contributed by atoms with Gasteiger partial charge in [-0.25, -0.2) is 9.78 Å². The molecular formula is C29H31N5O4S. The molecule has 0 unspecified atom stereocenters. The average Bonchev–Trinajstić information content (AvgIpc) is 3.57. The maximum absolute atomic E-state index is 13.8. The average molecular weight is 546 g/mol. The second-order valence-corrected chi connectivity index (χ2v) is 11.4. The molecule has 4 aromatic rings. The molecule has 4 aromatic heterocycles. The first-order valence-corrected chi connectivity index (χ1v) is 14.5. The minimum absolute atomic E-state index is 0.0183. The number of anilines is 1. The van der Waals surface area contributed by atoms with Gasteiger partial charge in [-0.15, -0.1) is 11.3 Å². The first-order valence-electron chi connectivity index (χ1n) is 13.6. The minimum atomic E-state index is -0.522. The zero-order valence-corrected chi connectivity index (χ0v) is 23.0. The molecule has 1 amide bonds. The van der Waals surface area contributed by atoms with Gasteiger partial charge in [0.25, 0.3) is 11.5 Å². The standard InChI is InChI=1S/C29H31N5O4S/c1-3-38-29(37)22-18-12-6-7-13-21(18)39-27(22)32-26(35)19-15-20-25(34(23(19)30)17-10-4-5-11-17)31-24-16(2)9-8-14-33(24)28(20)36/h8-9,14-15,17,30H,3-7,10-13H2,1-2H3,(H,32,35). The fourth-order valence-corrected chi connectivity index (χ4v) is 7.27. The number of ether oxygens (including phenoxy) is 1. The predicted octanol–water partition coefficient (Wildman–Crippen LogP) is 4.92. The van der Waals surface area contributed by atoms with E-state index in [1.54, 1.807) is 23.8 Å². The van der Waals surface area contributed by atoms with Gasteiger partial charge in [-0.05, 0) is 75.6 Å². The fraction of sp³-hybridized carbons (Fsp3) is 0.414. The fourth-order valence-electron chi connectivity index (χ4n) is 5.99. The molecule has 0 atom stereocenters. The van der Waals surface area contributed by atoms with Crippen LogP contribution in [-0.2, 0) is 17.6 Å². The molecule has 0 spiro atoms. The number of pyridine rings is 2. The number of hydrogen-bond acceptors (Lipinski definition) is 7. The van der Waals surface area contributed by atoms with Crippen LogP contribution in [0.5, 0.6) is 0 Å². The van der Waals surface area contributed by atoms with Crippen molar-refractivity contribution >= 4 is 44.9 Å². The molecule has 0 radical (unpaired) electrons. The molecule has 0 bridgehead atoms. The maximum Gasteiger partial charge on any atom is 0.341 e. The molecular weight excluding hydrogens is 514 g/mol. The van der Waals surface area contributed by atoms with E-state index in [1.165, 1.54) is 21.8 Å². The summed E-state index contributed by atoms with van der Waals surface area (Å²) < 4.78 is 8.61. The largest absolute Gasteiger partial charge is 0.462 e. The van der Waals surface area contributed by atoms with E-state index in [9.17, 15) is 14.4 Å². The van der Waals surface area contributed by atoms with Crippen LogP contribution in [-0.4, -0.2) is 32.4 Å². The Kier molecular flexibility index (Phi) is 6.58. The van der Waals surface area contributed by atoms with Crippen molar-refractivity contribution in [3.8, 4) is 0 Å². The lowest BCUT2D eigenvalue weighted by atomic mass is 9.95. The van der Waals surface area contributed by atoms with Gasteiger partial charge in [0.05, 0.1) is 23.1 Å². The van der Waals surface area contributed by atoms with E-state index >= 15 is 0 Å². The first kappa shape index (κ1) is 25.5. The summed E-state index contributed by atoms with van der Waals surface area (Å²) in [6, 6.07) is 5.17. The molecule has 202 valence electrons. The highest BCUT2D eigenvalue weighted by molar-refractivity contribution is 7.17. The van der Waals surface area contributed by atoms with E-state index in [0.717, 1.165) is 67.4 Å². The van der Waals surface area contributed by atoms with Gasteiger partial charge in [0.1, 0.15) is 21.8 Å². The van der Waals surface area contributed by atoms with Crippen molar-refractivity contribution in [1.29, 1.82) is 5.41 Å². The van der Waals surface area contributed by atoms with Crippen LogP contribution in [0.25, 0.3) is 16.7 Å². The lowest BCUT2D eigenvalue weighted by molar-refractivity contribution is 0.0526. The number of carbonyl (C=O) groups is 2. The Balaban J connectivity index is 1.52. The zero-order valence-electron chi connectivity index (χ0n) is 22.1. The van der Waals surface area contributed by atoms with Crippen LogP contribution in [0.15, 0.2) is 29.2 Å². The highest BCUT2D eigenvalue weighted by Crippen LogP contribution is 2.39. The molecule has 1 saturated carbocycles. The molecule has 2 aliphatic rings. The number of hydrogen-bond donors (Lipinski definition) is 2. The van der Waals surface area contributed by atoms with Crippen molar-refractivity contribution in [3.63, 3.8) is 0 Å². The van der Waals surface area contributed by atoms with E-state index in [4.69, 9.17) is 15.1 Å². The quantitative estimate of drug-likeness (QED) is 0.273. The van der Waals surface area contributed by atoms with Crippen LogP contribution >= 0.6 is 11.3 Å². The summed E-state index contributed by atoms with van der Waals surface area (Å²) in [5.41, 5.74) is 3.04. The third-order valence-electron chi connectivity index (χ3n) is 7.89.